The van der Waals surface area contributed by atoms with Crippen molar-refractivity contribution in [3.05, 3.63) is 41.7 Å². The number of aromatic nitrogens is 2. The van der Waals surface area contributed by atoms with Gasteiger partial charge in [0, 0.05) is 23.5 Å². The van der Waals surface area contributed by atoms with Gasteiger partial charge in [-0.2, -0.15) is 5.10 Å². The van der Waals surface area contributed by atoms with Crippen molar-refractivity contribution in [2.45, 2.75) is 33.4 Å². The lowest BCUT2D eigenvalue weighted by Crippen LogP contribution is -2.05. The van der Waals surface area contributed by atoms with E-state index in [1.165, 1.54) is 5.56 Å². The van der Waals surface area contributed by atoms with Crippen molar-refractivity contribution in [2.24, 2.45) is 0 Å². The Balaban J connectivity index is 1.92. The normalized spacial score (nSPS) is 10.7. The van der Waals surface area contributed by atoms with Crippen LogP contribution in [-0.2, 0) is 6.54 Å². The van der Waals surface area contributed by atoms with Crippen LogP contribution in [0.4, 0.5) is 5.69 Å². The molecule has 0 aliphatic carbocycles. The molecule has 0 saturated heterocycles. The van der Waals surface area contributed by atoms with Crippen LogP contribution in [0.3, 0.4) is 0 Å². The van der Waals surface area contributed by atoms with E-state index in [2.05, 4.69) is 15.5 Å². The minimum absolute atomic E-state index is 0.206. The number of aromatic amines is 1. The van der Waals surface area contributed by atoms with Crippen LogP contribution in [0.25, 0.3) is 0 Å². The smallest absolute Gasteiger partial charge is 0.119 e. The van der Waals surface area contributed by atoms with E-state index < -0.39 is 0 Å². The minimum atomic E-state index is 0.206. The Bertz CT molecular complexity index is 488. The van der Waals surface area contributed by atoms with Gasteiger partial charge < -0.3 is 10.1 Å². The van der Waals surface area contributed by atoms with Crippen LogP contribution in [0.15, 0.2) is 30.5 Å². The molecule has 0 bridgehead atoms. The van der Waals surface area contributed by atoms with Gasteiger partial charge in [0.15, 0.2) is 0 Å². The fraction of sp³-hybridized carbons (Fsp3) is 0.357. The monoisotopic (exact) mass is 245 g/mol. The van der Waals surface area contributed by atoms with E-state index in [4.69, 9.17) is 4.74 Å². The second-order valence-corrected chi connectivity index (χ2v) is 4.56. The van der Waals surface area contributed by atoms with Crippen LogP contribution >= 0.6 is 0 Å². The average molecular weight is 245 g/mol. The van der Waals surface area contributed by atoms with Gasteiger partial charge in [-0.1, -0.05) is 0 Å². The molecule has 0 radical (unpaired) electrons. The van der Waals surface area contributed by atoms with E-state index in [-0.39, 0.29) is 6.10 Å². The fourth-order valence-corrected chi connectivity index (χ4v) is 1.67. The van der Waals surface area contributed by atoms with Gasteiger partial charge in [0.05, 0.1) is 12.3 Å². The van der Waals surface area contributed by atoms with Gasteiger partial charge >= 0.3 is 0 Å². The zero-order valence-corrected chi connectivity index (χ0v) is 11.0. The highest BCUT2D eigenvalue weighted by Gasteiger charge is 2.01. The van der Waals surface area contributed by atoms with E-state index in [1.54, 1.807) is 0 Å². The van der Waals surface area contributed by atoms with E-state index in [0.717, 1.165) is 23.7 Å². The molecule has 0 saturated carbocycles. The molecule has 1 aromatic carbocycles. The standard InChI is InChI=1S/C14H19N3O/c1-10(2)18-14-6-4-13(5-7-14)15-8-12-9-16-17-11(12)3/h4-7,9-10,15H,8H2,1-3H3,(H,16,17). The molecule has 1 heterocycles. The molecule has 2 aromatic rings. The molecule has 0 spiro atoms. The number of benzene rings is 1. The summed E-state index contributed by atoms with van der Waals surface area (Å²) in [5, 5.41) is 10.3. The summed E-state index contributed by atoms with van der Waals surface area (Å²) in [4.78, 5) is 0. The second-order valence-electron chi connectivity index (χ2n) is 4.56. The molecule has 0 aliphatic heterocycles. The maximum atomic E-state index is 5.60. The zero-order chi connectivity index (χ0) is 13.0. The van der Waals surface area contributed by atoms with Gasteiger partial charge in [0.2, 0.25) is 0 Å². The molecule has 0 amide bonds. The summed E-state index contributed by atoms with van der Waals surface area (Å²) in [6.45, 7) is 6.83. The third-order valence-electron chi connectivity index (χ3n) is 2.64. The van der Waals surface area contributed by atoms with Crippen LogP contribution < -0.4 is 10.1 Å². The van der Waals surface area contributed by atoms with Crippen LogP contribution in [0.1, 0.15) is 25.1 Å². The largest absolute Gasteiger partial charge is 0.491 e. The Morgan fingerprint density at radius 3 is 2.56 bits per heavy atom. The van der Waals surface area contributed by atoms with E-state index in [0.29, 0.717) is 0 Å². The van der Waals surface area contributed by atoms with E-state index in [9.17, 15) is 0 Å². The lowest BCUT2D eigenvalue weighted by atomic mass is 10.2. The quantitative estimate of drug-likeness (QED) is 0.851. The van der Waals surface area contributed by atoms with Crippen molar-refractivity contribution in [3.63, 3.8) is 0 Å². The number of nitrogens with zero attached hydrogens (tertiary/aromatic N) is 1. The van der Waals surface area contributed by atoms with Crippen molar-refractivity contribution in [2.75, 3.05) is 5.32 Å². The van der Waals surface area contributed by atoms with Gasteiger partial charge in [-0.25, -0.2) is 0 Å². The van der Waals surface area contributed by atoms with Crippen LogP contribution in [0.5, 0.6) is 5.75 Å². The molecule has 0 aliphatic rings. The highest BCUT2D eigenvalue weighted by Crippen LogP contribution is 2.17. The maximum absolute atomic E-state index is 5.60. The number of hydrogen-bond acceptors (Lipinski definition) is 3. The molecule has 0 atom stereocenters. The molecule has 2 rings (SSSR count). The molecule has 96 valence electrons. The zero-order valence-electron chi connectivity index (χ0n) is 11.0. The first-order chi connectivity index (χ1) is 8.65. The van der Waals surface area contributed by atoms with E-state index in [1.807, 2.05) is 51.2 Å². The summed E-state index contributed by atoms with van der Waals surface area (Å²) in [5.41, 5.74) is 3.35. The third kappa shape index (κ3) is 3.26. The van der Waals surface area contributed by atoms with Gasteiger partial charge in [-0.3, -0.25) is 5.10 Å². The first-order valence-corrected chi connectivity index (χ1v) is 6.14. The summed E-state index contributed by atoms with van der Waals surface area (Å²) >= 11 is 0. The topological polar surface area (TPSA) is 49.9 Å². The van der Waals surface area contributed by atoms with Crippen LogP contribution in [0.2, 0.25) is 0 Å². The molecule has 0 fully saturated rings. The van der Waals surface area contributed by atoms with Crippen LogP contribution in [-0.4, -0.2) is 16.3 Å². The predicted octanol–water partition coefficient (Wildman–Crippen LogP) is 3.12. The van der Waals surface area contributed by atoms with Crippen molar-refractivity contribution in [1.82, 2.24) is 10.2 Å². The Labute approximate surface area is 107 Å². The number of aryl methyl sites for hydroxylation is 1. The fourth-order valence-electron chi connectivity index (χ4n) is 1.67. The molecular weight excluding hydrogens is 226 g/mol. The Hall–Kier alpha value is -1.97. The number of nitrogens with one attached hydrogen (secondary N) is 2. The third-order valence-corrected chi connectivity index (χ3v) is 2.64. The summed E-state index contributed by atoms with van der Waals surface area (Å²) in [6, 6.07) is 8.00. The van der Waals surface area contributed by atoms with Gasteiger partial charge in [0.1, 0.15) is 5.75 Å². The average Bonchev–Trinajstić information content (AvgIpc) is 2.73. The number of H-pyrrole nitrogens is 1. The molecule has 2 N–H and O–H groups in total. The van der Waals surface area contributed by atoms with Crippen molar-refractivity contribution in [3.8, 4) is 5.75 Å². The first kappa shape index (κ1) is 12.5. The Kier molecular flexibility index (Phi) is 3.87. The summed E-state index contributed by atoms with van der Waals surface area (Å²) in [7, 11) is 0. The number of hydrogen-bond donors (Lipinski definition) is 2. The minimum Gasteiger partial charge on any atom is -0.491 e. The molecule has 4 nitrogen and oxygen atoms in total. The van der Waals surface area contributed by atoms with Gasteiger partial charge in [0.25, 0.3) is 0 Å². The molecule has 4 heteroatoms. The number of anilines is 1. The van der Waals surface area contributed by atoms with Crippen molar-refractivity contribution >= 4 is 5.69 Å². The lowest BCUT2D eigenvalue weighted by Gasteiger charge is -2.11. The highest BCUT2D eigenvalue weighted by atomic mass is 16.5. The summed E-state index contributed by atoms with van der Waals surface area (Å²) in [5.74, 6) is 0.898. The molecule has 18 heavy (non-hydrogen) atoms. The van der Waals surface area contributed by atoms with Gasteiger partial charge in [-0.15, -0.1) is 0 Å². The molecule has 1 aromatic heterocycles. The maximum Gasteiger partial charge on any atom is 0.119 e. The molecular formula is C14H19N3O. The molecule has 0 unspecified atom stereocenters. The van der Waals surface area contributed by atoms with Crippen molar-refractivity contribution < 1.29 is 4.74 Å². The van der Waals surface area contributed by atoms with Crippen LogP contribution in [0, 0.1) is 6.92 Å². The SMILES string of the molecule is Cc1[nH]ncc1CNc1ccc(OC(C)C)cc1. The number of ether oxygens (including phenoxy) is 1. The second kappa shape index (κ2) is 5.58. The van der Waals surface area contributed by atoms with Crippen molar-refractivity contribution in [1.29, 1.82) is 0 Å². The summed E-state index contributed by atoms with van der Waals surface area (Å²) in [6.07, 6.45) is 2.05. The van der Waals surface area contributed by atoms with E-state index >= 15 is 0 Å². The summed E-state index contributed by atoms with van der Waals surface area (Å²) < 4.78 is 5.60. The first-order valence-electron chi connectivity index (χ1n) is 6.14. The highest BCUT2D eigenvalue weighted by molar-refractivity contribution is 5.46. The Morgan fingerprint density at radius 2 is 2.00 bits per heavy atom. The number of rotatable bonds is 5. The lowest BCUT2D eigenvalue weighted by molar-refractivity contribution is 0.242. The predicted molar refractivity (Wildman–Crippen MR) is 72.9 cm³/mol. The Morgan fingerprint density at radius 1 is 1.28 bits per heavy atom. The van der Waals surface area contributed by atoms with Gasteiger partial charge in [-0.05, 0) is 45.0 Å².